The molecule has 0 fully saturated rings. The van der Waals surface area contributed by atoms with Crippen molar-refractivity contribution in [3.63, 3.8) is 0 Å². The number of amides is 1. The first-order chi connectivity index (χ1) is 7.74. The molecule has 0 aromatic rings. The Morgan fingerprint density at radius 2 is 1.94 bits per heavy atom. The van der Waals surface area contributed by atoms with Gasteiger partial charge < -0.3 is 11.1 Å². The van der Waals surface area contributed by atoms with Gasteiger partial charge in [-0.2, -0.15) is 0 Å². The van der Waals surface area contributed by atoms with E-state index in [1.165, 1.54) is 32.1 Å². The van der Waals surface area contributed by atoms with E-state index in [4.69, 9.17) is 5.73 Å². The fourth-order valence-corrected chi connectivity index (χ4v) is 1.86. The SMILES string of the molecule is CCCCC(CCC)CNC(=O)CCCN. The molecule has 0 aliphatic rings. The van der Waals surface area contributed by atoms with Gasteiger partial charge >= 0.3 is 0 Å². The number of rotatable bonds is 10. The maximum Gasteiger partial charge on any atom is 0.220 e. The Hall–Kier alpha value is -0.570. The summed E-state index contributed by atoms with van der Waals surface area (Å²) in [6.45, 7) is 5.86. The molecule has 0 saturated carbocycles. The summed E-state index contributed by atoms with van der Waals surface area (Å²) in [6.07, 6.45) is 7.53. The van der Waals surface area contributed by atoms with E-state index < -0.39 is 0 Å². The Morgan fingerprint density at radius 3 is 2.50 bits per heavy atom. The zero-order valence-corrected chi connectivity index (χ0v) is 10.9. The van der Waals surface area contributed by atoms with Crippen LogP contribution in [-0.4, -0.2) is 19.0 Å². The van der Waals surface area contributed by atoms with Crippen molar-refractivity contribution in [3.8, 4) is 0 Å². The van der Waals surface area contributed by atoms with Crippen LogP contribution in [0.5, 0.6) is 0 Å². The van der Waals surface area contributed by atoms with E-state index in [2.05, 4.69) is 19.2 Å². The quantitative estimate of drug-likeness (QED) is 0.603. The molecule has 96 valence electrons. The maximum atomic E-state index is 11.4. The molecule has 1 atom stereocenters. The summed E-state index contributed by atoms with van der Waals surface area (Å²) in [5.74, 6) is 0.815. The van der Waals surface area contributed by atoms with Crippen molar-refractivity contribution < 1.29 is 4.79 Å². The number of unbranched alkanes of at least 4 members (excludes halogenated alkanes) is 1. The van der Waals surface area contributed by atoms with Gasteiger partial charge in [0, 0.05) is 13.0 Å². The molecule has 0 spiro atoms. The molecule has 0 aliphatic heterocycles. The predicted molar refractivity (Wildman–Crippen MR) is 69.2 cm³/mol. The Labute approximate surface area is 100 Å². The van der Waals surface area contributed by atoms with Crippen molar-refractivity contribution in [2.75, 3.05) is 13.1 Å². The lowest BCUT2D eigenvalue weighted by Crippen LogP contribution is -2.29. The standard InChI is InChI=1S/C13H28N2O/c1-3-5-8-12(7-4-2)11-15-13(16)9-6-10-14/h12H,3-11,14H2,1-2H3,(H,15,16). The van der Waals surface area contributed by atoms with Gasteiger partial charge in [0.1, 0.15) is 0 Å². The van der Waals surface area contributed by atoms with Gasteiger partial charge in [-0.1, -0.05) is 33.1 Å². The maximum absolute atomic E-state index is 11.4. The van der Waals surface area contributed by atoms with E-state index >= 15 is 0 Å². The smallest absolute Gasteiger partial charge is 0.220 e. The number of hydrogen-bond acceptors (Lipinski definition) is 2. The minimum Gasteiger partial charge on any atom is -0.356 e. The van der Waals surface area contributed by atoms with Crippen LogP contribution in [0.1, 0.15) is 58.8 Å². The third-order valence-corrected chi connectivity index (χ3v) is 2.86. The molecule has 3 heteroatoms. The molecule has 3 N–H and O–H groups in total. The molecule has 0 saturated heterocycles. The minimum absolute atomic E-state index is 0.156. The third-order valence-electron chi connectivity index (χ3n) is 2.86. The summed E-state index contributed by atoms with van der Waals surface area (Å²) >= 11 is 0. The summed E-state index contributed by atoms with van der Waals surface area (Å²) < 4.78 is 0. The van der Waals surface area contributed by atoms with Crippen LogP contribution in [0.15, 0.2) is 0 Å². The first-order valence-electron chi connectivity index (χ1n) is 6.71. The third kappa shape index (κ3) is 8.72. The molecule has 1 amide bonds. The average Bonchev–Trinajstić information content (AvgIpc) is 2.30. The molecular formula is C13H28N2O. The molecular weight excluding hydrogens is 200 g/mol. The monoisotopic (exact) mass is 228 g/mol. The lowest BCUT2D eigenvalue weighted by atomic mass is 9.97. The molecule has 0 aromatic carbocycles. The second-order valence-electron chi connectivity index (χ2n) is 4.49. The molecule has 0 bridgehead atoms. The number of nitrogens with two attached hydrogens (primary N) is 1. The lowest BCUT2D eigenvalue weighted by molar-refractivity contribution is -0.121. The van der Waals surface area contributed by atoms with E-state index in [0.717, 1.165) is 13.0 Å². The highest BCUT2D eigenvalue weighted by atomic mass is 16.1. The van der Waals surface area contributed by atoms with Crippen molar-refractivity contribution in [3.05, 3.63) is 0 Å². The summed E-state index contributed by atoms with van der Waals surface area (Å²) in [6, 6.07) is 0. The summed E-state index contributed by atoms with van der Waals surface area (Å²) in [5, 5.41) is 3.02. The number of nitrogens with one attached hydrogen (secondary N) is 1. The summed E-state index contributed by atoms with van der Waals surface area (Å²) in [5.41, 5.74) is 5.37. The van der Waals surface area contributed by atoms with E-state index in [1.54, 1.807) is 0 Å². The van der Waals surface area contributed by atoms with Crippen molar-refractivity contribution in [1.82, 2.24) is 5.32 Å². The predicted octanol–water partition coefficient (Wildman–Crippen LogP) is 2.45. The van der Waals surface area contributed by atoms with Gasteiger partial charge in [-0.15, -0.1) is 0 Å². The van der Waals surface area contributed by atoms with E-state index in [1.807, 2.05) is 0 Å². The topological polar surface area (TPSA) is 55.1 Å². The first-order valence-corrected chi connectivity index (χ1v) is 6.71. The fourth-order valence-electron chi connectivity index (χ4n) is 1.86. The number of hydrogen-bond donors (Lipinski definition) is 2. The van der Waals surface area contributed by atoms with Crippen LogP contribution in [0, 0.1) is 5.92 Å². The van der Waals surface area contributed by atoms with E-state index in [0.29, 0.717) is 18.9 Å². The molecule has 0 radical (unpaired) electrons. The van der Waals surface area contributed by atoms with Crippen molar-refractivity contribution in [2.24, 2.45) is 11.7 Å². The molecule has 16 heavy (non-hydrogen) atoms. The van der Waals surface area contributed by atoms with Crippen LogP contribution in [0.4, 0.5) is 0 Å². The zero-order chi connectivity index (χ0) is 12.2. The first kappa shape index (κ1) is 15.4. The molecule has 3 nitrogen and oxygen atoms in total. The Morgan fingerprint density at radius 1 is 1.19 bits per heavy atom. The van der Waals surface area contributed by atoms with Crippen LogP contribution in [-0.2, 0) is 4.79 Å². The highest BCUT2D eigenvalue weighted by Gasteiger charge is 2.08. The minimum atomic E-state index is 0.156. The summed E-state index contributed by atoms with van der Waals surface area (Å²) in [7, 11) is 0. The molecule has 0 aromatic heterocycles. The Balaban J connectivity index is 3.68. The highest BCUT2D eigenvalue weighted by molar-refractivity contribution is 5.75. The van der Waals surface area contributed by atoms with E-state index in [-0.39, 0.29) is 5.91 Å². The van der Waals surface area contributed by atoms with Gasteiger partial charge in [-0.05, 0) is 31.7 Å². The van der Waals surface area contributed by atoms with Crippen molar-refractivity contribution >= 4 is 5.91 Å². The zero-order valence-electron chi connectivity index (χ0n) is 10.9. The van der Waals surface area contributed by atoms with Crippen LogP contribution in [0.3, 0.4) is 0 Å². The van der Waals surface area contributed by atoms with Gasteiger partial charge in [-0.3, -0.25) is 4.79 Å². The highest BCUT2D eigenvalue weighted by Crippen LogP contribution is 2.13. The van der Waals surface area contributed by atoms with Gasteiger partial charge in [0.25, 0.3) is 0 Å². The lowest BCUT2D eigenvalue weighted by Gasteiger charge is -2.16. The number of carbonyl (C=O) groups is 1. The normalized spacial score (nSPS) is 12.4. The van der Waals surface area contributed by atoms with Crippen LogP contribution in [0.25, 0.3) is 0 Å². The van der Waals surface area contributed by atoms with Crippen molar-refractivity contribution in [2.45, 2.75) is 58.8 Å². The van der Waals surface area contributed by atoms with Crippen molar-refractivity contribution in [1.29, 1.82) is 0 Å². The van der Waals surface area contributed by atoms with Gasteiger partial charge in [0.2, 0.25) is 5.91 Å². The van der Waals surface area contributed by atoms with E-state index in [9.17, 15) is 4.79 Å². The van der Waals surface area contributed by atoms with Gasteiger partial charge in [0.05, 0.1) is 0 Å². The average molecular weight is 228 g/mol. The molecule has 0 aliphatic carbocycles. The summed E-state index contributed by atoms with van der Waals surface area (Å²) in [4.78, 5) is 11.4. The Kier molecular flexibility index (Phi) is 10.5. The molecule has 0 heterocycles. The fraction of sp³-hybridized carbons (Fsp3) is 0.923. The largest absolute Gasteiger partial charge is 0.356 e. The second-order valence-corrected chi connectivity index (χ2v) is 4.49. The Bertz CT molecular complexity index is 171. The van der Waals surface area contributed by atoms with Crippen LogP contribution >= 0.6 is 0 Å². The van der Waals surface area contributed by atoms with Gasteiger partial charge in [0.15, 0.2) is 0 Å². The molecule has 1 unspecified atom stereocenters. The molecule has 0 rings (SSSR count). The number of carbonyl (C=O) groups excluding carboxylic acids is 1. The van der Waals surface area contributed by atoms with Crippen LogP contribution in [0.2, 0.25) is 0 Å². The van der Waals surface area contributed by atoms with Gasteiger partial charge in [-0.25, -0.2) is 0 Å². The van der Waals surface area contributed by atoms with Crippen LogP contribution < -0.4 is 11.1 Å². The second kappa shape index (κ2) is 10.9.